The summed E-state index contributed by atoms with van der Waals surface area (Å²) < 4.78 is 0. The van der Waals surface area contributed by atoms with Crippen molar-refractivity contribution >= 4 is 100 Å². The van der Waals surface area contributed by atoms with Crippen LogP contribution in [0.1, 0.15) is 0 Å². The number of nitrogens with zero attached hydrogens (tertiary/aromatic N) is 3. The standard InChI is InChI=1S/C63H40BN3/c1-3-11-41(12-4-1)43-19-23-55(24-20-43)66-59-37-52-33-48-17-9-7-15-46(48)31-50(52)35-57(59)64-58-36-51-32-47-16-8-10-18-49(47)34-53(51)38-60(58)67(56-25-21-44(22-26-56)42-13-5-2-6-14-42)62-40-54(39-61(66)63(62)64)45-27-29-65-30-28-45/h1-40H. The van der Waals surface area contributed by atoms with Gasteiger partial charge in [-0.1, -0.05) is 146 Å². The molecular formula is C63H40BN3. The molecule has 0 fully saturated rings. The molecule has 4 heteroatoms. The number of hydrogen-bond donors (Lipinski definition) is 0. The zero-order valence-corrected chi connectivity index (χ0v) is 36.5. The Morgan fingerprint density at radius 2 is 0.627 bits per heavy atom. The van der Waals surface area contributed by atoms with Crippen LogP contribution in [0.15, 0.2) is 243 Å². The van der Waals surface area contributed by atoms with Gasteiger partial charge in [0, 0.05) is 46.5 Å². The van der Waals surface area contributed by atoms with Crippen molar-refractivity contribution in [2.45, 2.75) is 0 Å². The lowest BCUT2D eigenvalue weighted by Crippen LogP contribution is -2.61. The molecular weight excluding hydrogens is 810 g/mol. The predicted molar refractivity (Wildman–Crippen MR) is 285 cm³/mol. The van der Waals surface area contributed by atoms with E-state index in [1.807, 2.05) is 12.4 Å². The summed E-state index contributed by atoms with van der Waals surface area (Å²) in [5.74, 6) is 0. The molecule has 12 aromatic rings. The molecule has 3 heterocycles. The highest BCUT2D eigenvalue weighted by atomic mass is 15.2. The molecule has 0 unspecified atom stereocenters. The minimum atomic E-state index is -0.0621. The van der Waals surface area contributed by atoms with Crippen LogP contribution in [-0.2, 0) is 0 Å². The van der Waals surface area contributed by atoms with Crippen molar-refractivity contribution in [3.63, 3.8) is 0 Å². The van der Waals surface area contributed by atoms with Crippen LogP contribution in [0, 0.1) is 0 Å². The SMILES string of the molecule is c1ccc(-c2ccc(N3c4cc5cc6ccccc6cc5cc4B4c5cc6cc7ccccc7cc6cc5N(c5ccc(-c6ccccc6)cc5)c5cc(-c6ccncc6)cc3c54)cc2)cc1. The summed E-state index contributed by atoms with van der Waals surface area (Å²) in [4.78, 5) is 9.53. The first-order chi connectivity index (χ1) is 33.2. The molecule has 0 amide bonds. The van der Waals surface area contributed by atoms with Gasteiger partial charge in [0.1, 0.15) is 0 Å². The lowest BCUT2D eigenvalue weighted by atomic mass is 9.33. The number of aromatic nitrogens is 1. The number of fused-ring (bicyclic) bond motifs is 8. The number of hydrogen-bond acceptors (Lipinski definition) is 3. The van der Waals surface area contributed by atoms with Gasteiger partial charge in [0.15, 0.2) is 0 Å². The van der Waals surface area contributed by atoms with Crippen molar-refractivity contribution in [3.05, 3.63) is 243 Å². The fourth-order valence-electron chi connectivity index (χ4n) is 11.0. The highest BCUT2D eigenvalue weighted by Crippen LogP contribution is 2.48. The fourth-order valence-corrected chi connectivity index (χ4v) is 11.0. The van der Waals surface area contributed by atoms with Crippen LogP contribution >= 0.6 is 0 Å². The zero-order valence-electron chi connectivity index (χ0n) is 36.5. The average Bonchev–Trinajstić information content (AvgIpc) is 3.39. The van der Waals surface area contributed by atoms with E-state index in [1.54, 1.807) is 0 Å². The first kappa shape index (κ1) is 37.6. The highest BCUT2D eigenvalue weighted by Gasteiger charge is 2.44. The molecule has 0 spiro atoms. The molecule has 0 bridgehead atoms. The molecule has 2 aliphatic rings. The lowest BCUT2D eigenvalue weighted by Gasteiger charge is -2.44. The van der Waals surface area contributed by atoms with Crippen LogP contribution in [0.5, 0.6) is 0 Å². The normalized spacial score (nSPS) is 12.7. The second kappa shape index (κ2) is 14.9. The quantitative estimate of drug-likeness (QED) is 0.127. The Morgan fingerprint density at radius 1 is 0.269 bits per heavy atom. The topological polar surface area (TPSA) is 19.4 Å². The molecule has 67 heavy (non-hydrogen) atoms. The van der Waals surface area contributed by atoms with Gasteiger partial charge < -0.3 is 9.80 Å². The van der Waals surface area contributed by atoms with Crippen LogP contribution in [0.3, 0.4) is 0 Å². The summed E-state index contributed by atoms with van der Waals surface area (Å²) >= 11 is 0. The van der Waals surface area contributed by atoms with Gasteiger partial charge in [-0.05, 0) is 178 Å². The fraction of sp³-hybridized carbons (Fsp3) is 0. The van der Waals surface area contributed by atoms with Gasteiger partial charge >= 0.3 is 0 Å². The molecule has 310 valence electrons. The van der Waals surface area contributed by atoms with Crippen LogP contribution < -0.4 is 26.2 Å². The number of benzene rings is 11. The van der Waals surface area contributed by atoms with E-state index in [9.17, 15) is 0 Å². The molecule has 11 aromatic carbocycles. The minimum Gasteiger partial charge on any atom is -0.311 e. The smallest absolute Gasteiger partial charge is 0.252 e. The lowest BCUT2D eigenvalue weighted by molar-refractivity contribution is 1.26. The third-order valence-corrected chi connectivity index (χ3v) is 14.2. The Kier molecular flexibility index (Phi) is 8.38. The average molecular weight is 850 g/mol. The number of anilines is 6. The molecule has 3 nitrogen and oxygen atoms in total. The number of rotatable bonds is 5. The van der Waals surface area contributed by atoms with E-state index in [-0.39, 0.29) is 6.71 Å². The van der Waals surface area contributed by atoms with E-state index in [0.29, 0.717) is 0 Å². The highest BCUT2D eigenvalue weighted by molar-refractivity contribution is 7.00. The summed E-state index contributed by atoms with van der Waals surface area (Å²) in [6, 6.07) is 85.6. The van der Waals surface area contributed by atoms with Gasteiger partial charge in [0.05, 0.1) is 0 Å². The van der Waals surface area contributed by atoms with Gasteiger partial charge in [0.2, 0.25) is 0 Å². The monoisotopic (exact) mass is 849 g/mol. The summed E-state index contributed by atoms with van der Waals surface area (Å²) in [5.41, 5.74) is 17.9. The Hall–Kier alpha value is -8.73. The van der Waals surface area contributed by atoms with Crippen molar-refractivity contribution in [2.24, 2.45) is 0 Å². The number of pyridine rings is 1. The van der Waals surface area contributed by atoms with Crippen molar-refractivity contribution in [3.8, 4) is 33.4 Å². The molecule has 0 atom stereocenters. The van der Waals surface area contributed by atoms with Gasteiger partial charge in [-0.3, -0.25) is 4.98 Å². The van der Waals surface area contributed by atoms with Gasteiger partial charge in [-0.2, -0.15) is 0 Å². The van der Waals surface area contributed by atoms with Crippen molar-refractivity contribution in [1.82, 2.24) is 4.98 Å². The maximum atomic E-state index is 4.46. The van der Waals surface area contributed by atoms with E-state index in [4.69, 9.17) is 0 Å². The summed E-state index contributed by atoms with van der Waals surface area (Å²) in [6.07, 6.45) is 3.81. The molecule has 0 saturated heterocycles. The van der Waals surface area contributed by atoms with Crippen LogP contribution in [0.2, 0.25) is 0 Å². The Morgan fingerprint density at radius 3 is 1.04 bits per heavy atom. The third-order valence-electron chi connectivity index (χ3n) is 14.2. The van der Waals surface area contributed by atoms with E-state index in [2.05, 4.69) is 245 Å². The van der Waals surface area contributed by atoms with E-state index < -0.39 is 0 Å². The van der Waals surface area contributed by atoms with Crippen LogP contribution in [-0.4, -0.2) is 11.7 Å². The van der Waals surface area contributed by atoms with E-state index in [1.165, 1.54) is 104 Å². The molecule has 2 aliphatic heterocycles. The molecule has 0 saturated carbocycles. The zero-order chi connectivity index (χ0) is 44.0. The van der Waals surface area contributed by atoms with Crippen molar-refractivity contribution < 1.29 is 0 Å². The second-order valence-corrected chi connectivity index (χ2v) is 18.0. The molecule has 14 rings (SSSR count). The molecule has 0 aliphatic carbocycles. The molecule has 0 N–H and O–H groups in total. The third kappa shape index (κ3) is 6.11. The van der Waals surface area contributed by atoms with Crippen LogP contribution in [0.25, 0.3) is 76.5 Å². The predicted octanol–water partition coefficient (Wildman–Crippen LogP) is 14.8. The summed E-state index contributed by atoms with van der Waals surface area (Å²) in [5, 5.41) is 9.89. The maximum absolute atomic E-state index is 4.46. The summed E-state index contributed by atoms with van der Waals surface area (Å²) in [7, 11) is 0. The first-order valence-electron chi connectivity index (χ1n) is 23.1. The Balaban J connectivity index is 1.09. The van der Waals surface area contributed by atoms with E-state index >= 15 is 0 Å². The molecule has 1 aromatic heterocycles. The van der Waals surface area contributed by atoms with Crippen molar-refractivity contribution in [2.75, 3.05) is 9.80 Å². The maximum Gasteiger partial charge on any atom is 0.252 e. The second-order valence-electron chi connectivity index (χ2n) is 18.0. The summed E-state index contributed by atoms with van der Waals surface area (Å²) in [6.45, 7) is -0.0621. The van der Waals surface area contributed by atoms with E-state index in [0.717, 1.165) is 22.5 Å². The van der Waals surface area contributed by atoms with Gasteiger partial charge in [-0.15, -0.1) is 0 Å². The van der Waals surface area contributed by atoms with Crippen molar-refractivity contribution in [1.29, 1.82) is 0 Å². The van der Waals surface area contributed by atoms with Crippen LogP contribution in [0.4, 0.5) is 34.1 Å². The minimum absolute atomic E-state index is 0.0621. The van der Waals surface area contributed by atoms with Gasteiger partial charge in [0.25, 0.3) is 6.71 Å². The Labute approximate surface area is 389 Å². The molecule has 0 radical (unpaired) electrons. The first-order valence-corrected chi connectivity index (χ1v) is 23.1. The van der Waals surface area contributed by atoms with Gasteiger partial charge in [-0.25, -0.2) is 0 Å². The Bertz CT molecular complexity index is 3670. The largest absolute Gasteiger partial charge is 0.311 e.